The van der Waals surface area contributed by atoms with Crippen LogP contribution in [-0.2, 0) is 27.2 Å². The molecule has 0 radical (unpaired) electrons. The minimum absolute atomic E-state index is 0.0398. The van der Waals surface area contributed by atoms with E-state index in [2.05, 4.69) is 10.6 Å². The van der Waals surface area contributed by atoms with E-state index in [1.807, 2.05) is 36.6 Å². The number of phenols is 1. The van der Waals surface area contributed by atoms with Crippen LogP contribution in [0.4, 0.5) is 0 Å². The quantitative estimate of drug-likeness (QED) is 0.322. The second-order valence-electron chi connectivity index (χ2n) is 7.41. The second-order valence-corrected chi connectivity index (χ2v) is 8.39. The van der Waals surface area contributed by atoms with Crippen molar-refractivity contribution in [3.8, 4) is 5.75 Å². The lowest BCUT2D eigenvalue weighted by Gasteiger charge is -2.23. The normalized spacial score (nSPS) is 13.6. The largest absolute Gasteiger partial charge is 0.508 e. The summed E-state index contributed by atoms with van der Waals surface area (Å²) in [5.41, 5.74) is 7.57. The molecular weight excluding hydrogens is 430 g/mol. The van der Waals surface area contributed by atoms with Crippen molar-refractivity contribution in [3.63, 3.8) is 0 Å². The molecule has 0 aromatic heterocycles. The van der Waals surface area contributed by atoms with Gasteiger partial charge in [-0.2, -0.15) is 11.8 Å². The van der Waals surface area contributed by atoms with E-state index in [0.29, 0.717) is 24.2 Å². The molecule has 0 bridgehead atoms. The molecule has 172 valence electrons. The first-order chi connectivity index (χ1) is 15.3. The predicted octanol–water partition coefficient (Wildman–Crippen LogP) is 1.31. The maximum Gasteiger partial charge on any atom is 0.326 e. The van der Waals surface area contributed by atoms with Crippen molar-refractivity contribution in [2.75, 3.05) is 12.0 Å². The smallest absolute Gasteiger partial charge is 0.326 e. The van der Waals surface area contributed by atoms with E-state index in [0.717, 1.165) is 5.56 Å². The van der Waals surface area contributed by atoms with Gasteiger partial charge in [-0.3, -0.25) is 9.59 Å². The molecule has 8 nitrogen and oxygen atoms in total. The Morgan fingerprint density at radius 3 is 2.09 bits per heavy atom. The first-order valence-corrected chi connectivity index (χ1v) is 11.6. The van der Waals surface area contributed by atoms with E-state index in [4.69, 9.17) is 5.73 Å². The molecule has 2 rings (SSSR count). The number of aliphatic carboxylic acids is 1. The Hall–Kier alpha value is -3.04. The van der Waals surface area contributed by atoms with Gasteiger partial charge in [0.2, 0.25) is 11.8 Å². The number of carboxylic acids is 1. The number of phenolic OH excluding ortho intramolecular Hbond substituents is 1. The molecule has 2 aromatic rings. The number of aromatic hydroxyl groups is 1. The summed E-state index contributed by atoms with van der Waals surface area (Å²) in [5, 5.41) is 24.1. The molecule has 0 spiro atoms. The topological polar surface area (TPSA) is 142 Å². The van der Waals surface area contributed by atoms with Crippen LogP contribution in [0.25, 0.3) is 0 Å². The number of benzene rings is 2. The van der Waals surface area contributed by atoms with Crippen molar-refractivity contribution >= 4 is 29.5 Å². The molecule has 2 amide bonds. The molecule has 6 N–H and O–H groups in total. The fourth-order valence-corrected chi connectivity index (χ4v) is 3.56. The zero-order valence-electron chi connectivity index (χ0n) is 17.9. The summed E-state index contributed by atoms with van der Waals surface area (Å²) in [6.45, 7) is 0. The minimum Gasteiger partial charge on any atom is -0.508 e. The van der Waals surface area contributed by atoms with Crippen molar-refractivity contribution in [2.45, 2.75) is 37.4 Å². The predicted molar refractivity (Wildman–Crippen MR) is 124 cm³/mol. The Bertz CT molecular complexity index is 892. The van der Waals surface area contributed by atoms with E-state index in [-0.39, 0.29) is 12.2 Å². The first-order valence-electron chi connectivity index (χ1n) is 10.2. The third-order valence-electron chi connectivity index (χ3n) is 4.87. The molecule has 0 aliphatic rings. The number of carbonyl (C=O) groups is 3. The summed E-state index contributed by atoms with van der Waals surface area (Å²) in [6.07, 6.45) is 2.57. The van der Waals surface area contributed by atoms with Gasteiger partial charge in [0.15, 0.2) is 0 Å². The molecule has 0 aliphatic heterocycles. The molecule has 0 aliphatic carbocycles. The second kappa shape index (κ2) is 12.7. The number of hydrogen-bond acceptors (Lipinski definition) is 6. The summed E-state index contributed by atoms with van der Waals surface area (Å²) < 4.78 is 0. The molecule has 3 unspecified atom stereocenters. The monoisotopic (exact) mass is 459 g/mol. The third kappa shape index (κ3) is 8.24. The summed E-state index contributed by atoms with van der Waals surface area (Å²) >= 11 is 1.51. The van der Waals surface area contributed by atoms with E-state index < -0.39 is 35.9 Å². The fraction of sp³-hybridized carbons (Fsp3) is 0.348. The highest BCUT2D eigenvalue weighted by atomic mass is 32.2. The number of nitrogens with one attached hydrogen (secondary N) is 2. The van der Waals surface area contributed by atoms with Crippen LogP contribution < -0.4 is 16.4 Å². The Morgan fingerprint density at radius 1 is 0.906 bits per heavy atom. The number of rotatable bonds is 12. The number of amides is 2. The lowest BCUT2D eigenvalue weighted by Crippen LogP contribution is -2.55. The van der Waals surface area contributed by atoms with Crippen LogP contribution in [0.5, 0.6) is 5.75 Å². The van der Waals surface area contributed by atoms with Crippen molar-refractivity contribution in [1.29, 1.82) is 0 Å². The van der Waals surface area contributed by atoms with Gasteiger partial charge in [0.1, 0.15) is 17.8 Å². The molecule has 0 heterocycles. The first kappa shape index (κ1) is 25.2. The standard InChI is InChI=1S/C23H29N3O5S/c1-32-12-11-19(25-21(28)18(24)13-15-5-3-2-4-6-15)22(29)26-20(23(30)31)14-16-7-9-17(27)10-8-16/h2-10,18-20,27H,11-14,24H2,1H3,(H,25,28)(H,26,29)(H,30,31). The maximum atomic E-state index is 12.8. The van der Waals surface area contributed by atoms with Crippen LogP contribution in [0, 0.1) is 0 Å². The van der Waals surface area contributed by atoms with E-state index >= 15 is 0 Å². The highest BCUT2D eigenvalue weighted by Gasteiger charge is 2.28. The van der Waals surface area contributed by atoms with Gasteiger partial charge in [-0.1, -0.05) is 42.5 Å². The van der Waals surface area contributed by atoms with Crippen molar-refractivity contribution in [3.05, 3.63) is 65.7 Å². The Balaban J connectivity index is 2.03. The molecule has 0 fully saturated rings. The van der Waals surface area contributed by atoms with Crippen LogP contribution in [0.3, 0.4) is 0 Å². The van der Waals surface area contributed by atoms with Crippen LogP contribution in [-0.4, -0.2) is 58.1 Å². The van der Waals surface area contributed by atoms with Gasteiger partial charge >= 0.3 is 5.97 Å². The van der Waals surface area contributed by atoms with Crippen LogP contribution in [0.15, 0.2) is 54.6 Å². The number of nitrogens with two attached hydrogens (primary N) is 1. The number of carboxylic acid groups (broad SMARTS) is 1. The van der Waals surface area contributed by atoms with Crippen molar-refractivity contribution in [2.24, 2.45) is 5.73 Å². The fourth-order valence-electron chi connectivity index (χ4n) is 3.08. The van der Waals surface area contributed by atoms with Crippen molar-refractivity contribution < 1.29 is 24.6 Å². The van der Waals surface area contributed by atoms with Crippen LogP contribution in [0.2, 0.25) is 0 Å². The lowest BCUT2D eigenvalue weighted by molar-refractivity contribution is -0.142. The van der Waals surface area contributed by atoms with Gasteiger partial charge < -0.3 is 26.6 Å². The lowest BCUT2D eigenvalue weighted by atomic mass is 10.0. The molecule has 2 aromatic carbocycles. The van der Waals surface area contributed by atoms with Crippen molar-refractivity contribution in [1.82, 2.24) is 10.6 Å². The van der Waals surface area contributed by atoms with Crippen LogP contribution in [0.1, 0.15) is 17.5 Å². The maximum absolute atomic E-state index is 12.8. The Kier molecular flexibility index (Phi) is 10.0. The van der Waals surface area contributed by atoms with Gasteiger partial charge in [-0.15, -0.1) is 0 Å². The zero-order valence-corrected chi connectivity index (χ0v) is 18.7. The average Bonchev–Trinajstić information content (AvgIpc) is 2.77. The molecular formula is C23H29N3O5S. The highest BCUT2D eigenvalue weighted by molar-refractivity contribution is 7.98. The summed E-state index contributed by atoms with van der Waals surface area (Å²) in [6, 6.07) is 12.5. The van der Waals surface area contributed by atoms with Gasteiger partial charge in [-0.25, -0.2) is 4.79 Å². The molecule has 0 saturated carbocycles. The van der Waals surface area contributed by atoms with Gasteiger partial charge in [0, 0.05) is 6.42 Å². The van der Waals surface area contributed by atoms with E-state index in [1.54, 1.807) is 12.1 Å². The zero-order chi connectivity index (χ0) is 23.5. The Morgan fingerprint density at radius 2 is 1.50 bits per heavy atom. The summed E-state index contributed by atoms with van der Waals surface area (Å²) in [7, 11) is 0. The SMILES string of the molecule is CSCCC(NC(=O)C(N)Cc1ccccc1)C(=O)NC(Cc1ccc(O)cc1)C(=O)O. The molecule has 32 heavy (non-hydrogen) atoms. The summed E-state index contributed by atoms with van der Waals surface area (Å²) in [5.74, 6) is -1.58. The number of carbonyl (C=O) groups excluding carboxylic acids is 2. The van der Waals surface area contributed by atoms with Gasteiger partial charge in [0.05, 0.1) is 6.04 Å². The van der Waals surface area contributed by atoms with E-state index in [1.165, 1.54) is 23.9 Å². The molecule has 9 heteroatoms. The third-order valence-corrected chi connectivity index (χ3v) is 5.51. The molecule has 3 atom stereocenters. The number of hydrogen-bond donors (Lipinski definition) is 5. The summed E-state index contributed by atoms with van der Waals surface area (Å²) in [4.78, 5) is 37.2. The van der Waals surface area contributed by atoms with E-state index in [9.17, 15) is 24.6 Å². The molecule has 0 saturated heterocycles. The number of thioether (sulfide) groups is 1. The van der Waals surface area contributed by atoms with Gasteiger partial charge in [-0.05, 0) is 48.1 Å². The minimum atomic E-state index is -1.19. The average molecular weight is 460 g/mol. The van der Waals surface area contributed by atoms with Crippen LogP contribution >= 0.6 is 11.8 Å². The Labute approximate surface area is 191 Å². The highest BCUT2D eigenvalue weighted by Crippen LogP contribution is 2.12. The van der Waals surface area contributed by atoms with Gasteiger partial charge in [0.25, 0.3) is 0 Å².